The number of pyridine rings is 1. The third-order valence-electron chi connectivity index (χ3n) is 3.83. The van der Waals surface area contributed by atoms with Crippen molar-refractivity contribution in [1.29, 1.82) is 0 Å². The molecule has 0 unspecified atom stereocenters. The quantitative estimate of drug-likeness (QED) is 0.861. The van der Waals surface area contributed by atoms with Gasteiger partial charge in [-0.25, -0.2) is 0 Å². The Hall–Kier alpha value is -2.93. The van der Waals surface area contributed by atoms with Gasteiger partial charge in [0.25, 0.3) is 5.91 Å². The standard InChI is InChI=1S/C18H19N3O4/c1-24-15-4-2-3-12(8-15)18(23)20-10-17(22)21-14-7-13-11-25-6-5-16(13)19-9-14/h2-4,7-9H,5-6,10-11H2,1H3,(H,20,23)(H,21,22). The first-order valence-electron chi connectivity index (χ1n) is 7.93. The fourth-order valence-corrected chi connectivity index (χ4v) is 2.54. The Morgan fingerprint density at radius 3 is 3.04 bits per heavy atom. The molecular formula is C18H19N3O4. The van der Waals surface area contributed by atoms with E-state index in [9.17, 15) is 9.59 Å². The highest BCUT2D eigenvalue weighted by Crippen LogP contribution is 2.18. The minimum Gasteiger partial charge on any atom is -0.497 e. The number of rotatable bonds is 5. The molecule has 7 nitrogen and oxygen atoms in total. The van der Waals surface area contributed by atoms with Crippen LogP contribution >= 0.6 is 0 Å². The van der Waals surface area contributed by atoms with E-state index in [1.54, 1.807) is 30.5 Å². The largest absolute Gasteiger partial charge is 0.497 e. The van der Waals surface area contributed by atoms with E-state index < -0.39 is 0 Å². The van der Waals surface area contributed by atoms with Gasteiger partial charge in [-0.3, -0.25) is 14.6 Å². The van der Waals surface area contributed by atoms with Crippen molar-refractivity contribution in [2.75, 3.05) is 25.6 Å². The zero-order valence-electron chi connectivity index (χ0n) is 13.9. The van der Waals surface area contributed by atoms with E-state index in [1.165, 1.54) is 7.11 Å². The van der Waals surface area contributed by atoms with Gasteiger partial charge in [-0.05, 0) is 24.3 Å². The molecule has 0 bridgehead atoms. The minimum atomic E-state index is -0.342. The second-order valence-corrected chi connectivity index (χ2v) is 5.60. The van der Waals surface area contributed by atoms with Crippen LogP contribution in [0.3, 0.4) is 0 Å². The highest BCUT2D eigenvalue weighted by Gasteiger charge is 2.13. The molecule has 0 atom stereocenters. The predicted molar refractivity (Wildman–Crippen MR) is 91.6 cm³/mol. The van der Waals surface area contributed by atoms with Crippen LogP contribution in [-0.2, 0) is 22.6 Å². The van der Waals surface area contributed by atoms with Crippen LogP contribution in [0.25, 0.3) is 0 Å². The van der Waals surface area contributed by atoms with Crippen LogP contribution in [0.4, 0.5) is 5.69 Å². The zero-order chi connectivity index (χ0) is 17.6. The lowest BCUT2D eigenvalue weighted by molar-refractivity contribution is -0.115. The molecule has 1 aliphatic heterocycles. The number of carbonyl (C=O) groups excluding carboxylic acids is 2. The lowest BCUT2D eigenvalue weighted by Crippen LogP contribution is -2.33. The van der Waals surface area contributed by atoms with Crippen LogP contribution in [0.5, 0.6) is 5.75 Å². The molecule has 2 aromatic rings. The van der Waals surface area contributed by atoms with Gasteiger partial charge in [0.15, 0.2) is 0 Å². The van der Waals surface area contributed by atoms with Crippen LogP contribution < -0.4 is 15.4 Å². The highest BCUT2D eigenvalue weighted by atomic mass is 16.5. The summed E-state index contributed by atoms with van der Waals surface area (Å²) in [7, 11) is 1.53. The number of methoxy groups -OCH3 is 1. The number of aromatic nitrogens is 1. The van der Waals surface area contributed by atoms with Gasteiger partial charge < -0.3 is 20.1 Å². The van der Waals surface area contributed by atoms with Crippen molar-refractivity contribution in [3.05, 3.63) is 53.3 Å². The van der Waals surface area contributed by atoms with Gasteiger partial charge in [0.05, 0.1) is 38.8 Å². The second-order valence-electron chi connectivity index (χ2n) is 5.60. The molecule has 7 heteroatoms. The number of nitrogens with zero attached hydrogens (tertiary/aromatic N) is 1. The topological polar surface area (TPSA) is 89.5 Å². The fourth-order valence-electron chi connectivity index (χ4n) is 2.54. The molecule has 2 heterocycles. The predicted octanol–water partition coefficient (Wildman–Crippen LogP) is 1.53. The molecule has 0 fully saturated rings. The van der Waals surface area contributed by atoms with Crippen molar-refractivity contribution in [3.8, 4) is 5.75 Å². The summed E-state index contributed by atoms with van der Waals surface area (Å²) in [6, 6.07) is 8.58. The Morgan fingerprint density at radius 1 is 1.32 bits per heavy atom. The number of anilines is 1. The third-order valence-corrected chi connectivity index (χ3v) is 3.83. The molecule has 130 valence electrons. The minimum absolute atomic E-state index is 0.135. The lowest BCUT2D eigenvalue weighted by atomic mass is 10.1. The van der Waals surface area contributed by atoms with E-state index in [0.29, 0.717) is 30.2 Å². The number of hydrogen-bond acceptors (Lipinski definition) is 5. The molecule has 0 aliphatic carbocycles. The molecule has 1 aromatic heterocycles. The Labute approximate surface area is 145 Å². The molecule has 0 radical (unpaired) electrons. The summed E-state index contributed by atoms with van der Waals surface area (Å²) in [5.74, 6) is -0.0832. The molecule has 3 rings (SSSR count). The first kappa shape index (κ1) is 16.9. The molecule has 2 N–H and O–H groups in total. The van der Waals surface area contributed by atoms with Crippen LogP contribution in [0.2, 0.25) is 0 Å². The molecule has 0 saturated heterocycles. The van der Waals surface area contributed by atoms with Crippen molar-refractivity contribution in [2.24, 2.45) is 0 Å². The molecule has 25 heavy (non-hydrogen) atoms. The summed E-state index contributed by atoms with van der Waals surface area (Å²) >= 11 is 0. The van der Waals surface area contributed by atoms with E-state index in [-0.39, 0.29) is 18.4 Å². The van der Waals surface area contributed by atoms with Gasteiger partial charge in [0.2, 0.25) is 5.91 Å². The Kier molecular flexibility index (Phi) is 5.25. The molecule has 1 aliphatic rings. The van der Waals surface area contributed by atoms with Gasteiger partial charge in [0.1, 0.15) is 5.75 Å². The van der Waals surface area contributed by atoms with E-state index in [1.807, 2.05) is 6.07 Å². The lowest BCUT2D eigenvalue weighted by Gasteiger charge is -2.16. The number of ether oxygens (including phenoxy) is 2. The second kappa shape index (κ2) is 7.76. The Morgan fingerprint density at radius 2 is 2.20 bits per heavy atom. The van der Waals surface area contributed by atoms with Gasteiger partial charge in [-0.2, -0.15) is 0 Å². The number of fused-ring (bicyclic) bond motifs is 1. The van der Waals surface area contributed by atoms with Gasteiger partial charge in [0, 0.05) is 23.2 Å². The van der Waals surface area contributed by atoms with Gasteiger partial charge in [-0.1, -0.05) is 6.07 Å². The molecule has 1 aromatic carbocycles. The third kappa shape index (κ3) is 4.33. The van der Waals surface area contributed by atoms with Crippen molar-refractivity contribution >= 4 is 17.5 Å². The summed E-state index contributed by atoms with van der Waals surface area (Å²) < 4.78 is 10.5. The first-order valence-corrected chi connectivity index (χ1v) is 7.93. The Bertz CT molecular complexity index is 792. The van der Waals surface area contributed by atoms with Crippen LogP contribution in [0.1, 0.15) is 21.6 Å². The first-order chi connectivity index (χ1) is 12.2. The summed E-state index contributed by atoms with van der Waals surface area (Å²) in [4.78, 5) is 28.5. The average Bonchev–Trinajstić information content (AvgIpc) is 2.66. The molecule has 2 amide bonds. The van der Waals surface area contributed by atoms with E-state index in [4.69, 9.17) is 9.47 Å². The van der Waals surface area contributed by atoms with E-state index >= 15 is 0 Å². The summed E-state index contributed by atoms with van der Waals surface area (Å²) in [5.41, 5.74) is 2.99. The fraction of sp³-hybridized carbons (Fsp3) is 0.278. The number of benzene rings is 1. The van der Waals surface area contributed by atoms with Crippen molar-refractivity contribution in [3.63, 3.8) is 0 Å². The maximum Gasteiger partial charge on any atom is 0.251 e. The maximum atomic E-state index is 12.1. The smallest absolute Gasteiger partial charge is 0.251 e. The molecular weight excluding hydrogens is 322 g/mol. The average molecular weight is 341 g/mol. The van der Waals surface area contributed by atoms with Crippen LogP contribution in [0.15, 0.2) is 36.5 Å². The van der Waals surface area contributed by atoms with Gasteiger partial charge >= 0.3 is 0 Å². The van der Waals surface area contributed by atoms with E-state index in [2.05, 4.69) is 15.6 Å². The van der Waals surface area contributed by atoms with Gasteiger partial charge in [-0.15, -0.1) is 0 Å². The number of amides is 2. The molecule has 0 spiro atoms. The Balaban J connectivity index is 1.55. The van der Waals surface area contributed by atoms with Crippen molar-refractivity contribution in [1.82, 2.24) is 10.3 Å². The zero-order valence-corrected chi connectivity index (χ0v) is 13.9. The van der Waals surface area contributed by atoms with E-state index in [0.717, 1.165) is 17.7 Å². The number of carbonyl (C=O) groups is 2. The van der Waals surface area contributed by atoms with Crippen LogP contribution in [-0.4, -0.2) is 37.1 Å². The number of hydrogen-bond donors (Lipinski definition) is 2. The maximum absolute atomic E-state index is 12.1. The van der Waals surface area contributed by atoms with Crippen LogP contribution in [0, 0.1) is 0 Å². The normalized spacial score (nSPS) is 12.8. The molecule has 0 saturated carbocycles. The summed E-state index contributed by atoms with van der Waals surface area (Å²) in [5, 5.41) is 5.31. The SMILES string of the molecule is COc1cccc(C(=O)NCC(=O)Nc2cnc3c(c2)COCC3)c1. The monoisotopic (exact) mass is 341 g/mol. The highest BCUT2D eigenvalue weighted by molar-refractivity contribution is 5.99. The summed E-state index contributed by atoms with van der Waals surface area (Å²) in [6.45, 7) is 1.03. The van der Waals surface area contributed by atoms with Crippen molar-refractivity contribution in [2.45, 2.75) is 13.0 Å². The number of nitrogens with one attached hydrogen (secondary N) is 2. The van der Waals surface area contributed by atoms with Crippen molar-refractivity contribution < 1.29 is 19.1 Å². The summed E-state index contributed by atoms with van der Waals surface area (Å²) in [6.07, 6.45) is 2.39.